The minimum absolute atomic E-state index is 0.273. The van der Waals surface area contributed by atoms with Crippen LogP contribution < -0.4 is 22.1 Å². The lowest BCUT2D eigenvalue weighted by atomic mass is 10.2. The first-order valence-corrected chi connectivity index (χ1v) is 12.6. The highest BCUT2D eigenvalue weighted by atomic mass is 79.9. The predicted octanol–water partition coefficient (Wildman–Crippen LogP) is 6.77. The van der Waals surface area contributed by atoms with E-state index in [1.54, 1.807) is 0 Å². The zero-order valence-electron chi connectivity index (χ0n) is 17.0. The maximum absolute atomic E-state index is 12.9. The Morgan fingerprint density at radius 2 is 1.19 bits per heavy atom. The minimum Gasteiger partial charge on any atom is -0.397 e. The van der Waals surface area contributed by atoms with Crippen LogP contribution >= 0.6 is 54.5 Å². The van der Waals surface area contributed by atoms with Gasteiger partial charge in [0.15, 0.2) is 0 Å². The molecule has 2 amide bonds. The summed E-state index contributed by atoms with van der Waals surface area (Å²) in [5, 5.41) is 6.28. The summed E-state index contributed by atoms with van der Waals surface area (Å²) in [7, 11) is 0. The predicted molar refractivity (Wildman–Crippen MR) is 142 cm³/mol. The molecule has 2 aromatic heterocycles. The maximum Gasteiger partial charge on any atom is 0.267 e. The molecule has 164 valence electrons. The Morgan fingerprint density at radius 1 is 0.781 bits per heavy atom. The second-order valence-electron chi connectivity index (χ2n) is 7.23. The second kappa shape index (κ2) is 8.86. The van der Waals surface area contributed by atoms with Gasteiger partial charge in [-0.1, -0.05) is 12.1 Å². The average molecular weight is 594 g/mol. The molecule has 0 aliphatic carbocycles. The van der Waals surface area contributed by atoms with Crippen LogP contribution in [-0.4, -0.2) is 11.8 Å². The number of nitrogens with one attached hydrogen (secondary N) is 2. The third kappa shape index (κ3) is 4.27. The third-order valence-electron chi connectivity index (χ3n) is 4.78. The fourth-order valence-corrected chi connectivity index (χ4v) is 6.73. The third-order valence-corrected chi connectivity index (χ3v) is 8.59. The van der Waals surface area contributed by atoms with Crippen LogP contribution in [0.1, 0.15) is 30.5 Å². The fourth-order valence-electron chi connectivity index (χ4n) is 3.15. The lowest BCUT2D eigenvalue weighted by Crippen LogP contribution is -2.13. The summed E-state index contributed by atoms with van der Waals surface area (Å²) in [5.74, 6) is -0.649. The first-order valence-electron chi connectivity index (χ1n) is 9.41. The second-order valence-corrected chi connectivity index (χ2v) is 11.2. The Kier molecular flexibility index (Phi) is 6.30. The van der Waals surface area contributed by atoms with Crippen molar-refractivity contribution in [2.75, 3.05) is 22.1 Å². The highest BCUT2D eigenvalue weighted by molar-refractivity contribution is 9.11. The molecule has 0 saturated carbocycles. The first-order chi connectivity index (χ1) is 15.2. The normalized spacial score (nSPS) is 11.0. The van der Waals surface area contributed by atoms with E-state index < -0.39 is 0 Å². The number of benzene rings is 2. The Morgan fingerprint density at radius 3 is 1.53 bits per heavy atom. The molecular weight excluding hydrogens is 576 g/mol. The van der Waals surface area contributed by atoms with Crippen molar-refractivity contribution < 1.29 is 9.59 Å². The molecule has 0 bridgehead atoms. The van der Waals surface area contributed by atoms with Crippen LogP contribution in [0.2, 0.25) is 0 Å². The summed E-state index contributed by atoms with van der Waals surface area (Å²) in [6.45, 7) is 3.94. The first kappa shape index (κ1) is 22.8. The number of nitrogen functional groups attached to an aromatic ring is 2. The topological polar surface area (TPSA) is 110 Å². The molecule has 0 radical (unpaired) electrons. The fraction of sp³-hybridized carbons (Fsp3) is 0.0909. The largest absolute Gasteiger partial charge is 0.397 e. The summed E-state index contributed by atoms with van der Waals surface area (Å²) in [5.41, 5.74) is 16.6. The van der Waals surface area contributed by atoms with E-state index in [4.69, 9.17) is 11.5 Å². The zero-order valence-corrected chi connectivity index (χ0v) is 21.8. The molecule has 0 saturated heterocycles. The van der Waals surface area contributed by atoms with Gasteiger partial charge in [-0.2, -0.15) is 0 Å². The number of carbonyl (C=O) groups excluding carboxylic acids is 2. The molecule has 0 fully saturated rings. The lowest BCUT2D eigenvalue weighted by Gasteiger charge is -2.08. The van der Waals surface area contributed by atoms with E-state index in [0.29, 0.717) is 26.5 Å². The van der Waals surface area contributed by atoms with E-state index in [9.17, 15) is 9.59 Å². The quantitative estimate of drug-likeness (QED) is 0.209. The molecule has 10 heteroatoms. The molecule has 6 nitrogen and oxygen atoms in total. The van der Waals surface area contributed by atoms with Crippen molar-refractivity contribution in [3.63, 3.8) is 0 Å². The Hall–Kier alpha value is -2.40. The van der Waals surface area contributed by atoms with E-state index >= 15 is 0 Å². The van der Waals surface area contributed by atoms with E-state index in [0.717, 1.165) is 24.1 Å². The molecule has 2 aromatic carbocycles. The van der Waals surface area contributed by atoms with Crippen molar-refractivity contribution in [3.8, 4) is 0 Å². The van der Waals surface area contributed by atoms with Gasteiger partial charge < -0.3 is 22.1 Å². The zero-order chi connectivity index (χ0) is 23.2. The van der Waals surface area contributed by atoms with Crippen LogP contribution in [0.25, 0.3) is 9.40 Å². The number of fused-ring (bicyclic) bond motifs is 1. The summed E-state index contributed by atoms with van der Waals surface area (Å²) in [6, 6.07) is 11.3. The average Bonchev–Trinajstić information content (AvgIpc) is 3.23. The SMILES string of the molecule is Cc1ccc(NC(=O)c2sc3sc(C(=O)Nc4ccc(C)cc4Br)c(N)c3c2N)c(Br)c1. The van der Waals surface area contributed by atoms with Crippen LogP contribution in [-0.2, 0) is 0 Å². The van der Waals surface area contributed by atoms with Crippen molar-refractivity contribution >= 4 is 98.5 Å². The summed E-state index contributed by atoms with van der Waals surface area (Å²) in [4.78, 5) is 26.4. The lowest BCUT2D eigenvalue weighted by molar-refractivity contribution is 0.102. The number of thiophene rings is 2. The monoisotopic (exact) mass is 592 g/mol. The highest BCUT2D eigenvalue weighted by Gasteiger charge is 2.25. The minimum atomic E-state index is -0.325. The molecule has 2 heterocycles. The van der Waals surface area contributed by atoms with Crippen molar-refractivity contribution in [1.82, 2.24) is 0 Å². The van der Waals surface area contributed by atoms with Crippen LogP contribution in [0.5, 0.6) is 0 Å². The molecule has 0 aliphatic rings. The smallest absolute Gasteiger partial charge is 0.267 e. The molecule has 0 unspecified atom stereocenters. The molecule has 0 aliphatic heterocycles. The molecule has 0 spiro atoms. The van der Waals surface area contributed by atoms with Gasteiger partial charge in [0.1, 0.15) is 9.75 Å². The molecule has 4 aromatic rings. The van der Waals surface area contributed by atoms with Crippen LogP contribution in [0, 0.1) is 13.8 Å². The number of rotatable bonds is 4. The van der Waals surface area contributed by atoms with Crippen LogP contribution in [0.3, 0.4) is 0 Å². The van der Waals surface area contributed by atoms with Crippen LogP contribution in [0.15, 0.2) is 45.3 Å². The van der Waals surface area contributed by atoms with Gasteiger partial charge in [-0.3, -0.25) is 9.59 Å². The van der Waals surface area contributed by atoms with Gasteiger partial charge in [0, 0.05) is 8.95 Å². The summed E-state index contributed by atoms with van der Waals surface area (Å²) < 4.78 is 2.29. The van der Waals surface area contributed by atoms with E-state index in [1.807, 2.05) is 50.2 Å². The maximum atomic E-state index is 12.9. The number of hydrogen-bond donors (Lipinski definition) is 4. The molecule has 6 N–H and O–H groups in total. The molecule has 32 heavy (non-hydrogen) atoms. The standard InChI is InChI=1S/C22H18Br2N4O2S2/c1-9-3-5-13(11(23)7-9)27-20(29)18-16(25)15-17(26)19(32-22(15)31-18)21(30)28-14-6-4-10(2)8-12(14)24/h3-8H,25-26H2,1-2H3,(H,27,29)(H,28,30). The van der Waals surface area contributed by atoms with Gasteiger partial charge in [-0.05, 0) is 81.1 Å². The van der Waals surface area contributed by atoms with Gasteiger partial charge in [-0.25, -0.2) is 0 Å². The Labute approximate surface area is 209 Å². The van der Waals surface area contributed by atoms with E-state index in [1.165, 1.54) is 22.7 Å². The van der Waals surface area contributed by atoms with Crippen molar-refractivity contribution in [1.29, 1.82) is 0 Å². The highest BCUT2D eigenvalue weighted by Crippen LogP contribution is 2.45. The number of amides is 2. The van der Waals surface area contributed by atoms with Gasteiger partial charge in [-0.15, -0.1) is 22.7 Å². The van der Waals surface area contributed by atoms with Gasteiger partial charge in [0.25, 0.3) is 11.8 Å². The van der Waals surface area contributed by atoms with Gasteiger partial charge in [0.2, 0.25) is 0 Å². The van der Waals surface area contributed by atoms with E-state index in [2.05, 4.69) is 42.5 Å². The molecule has 4 rings (SSSR count). The molecule has 0 atom stereocenters. The van der Waals surface area contributed by atoms with Crippen molar-refractivity contribution in [2.24, 2.45) is 0 Å². The number of nitrogens with two attached hydrogens (primary N) is 2. The molecular formula is C22H18Br2N4O2S2. The van der Waals surface area contributed by atoms with Crippen LogP contribution in [0.4, 0.5) is 22.7 Å². The van der Waals surface area contributed by atoms with Crippen molar-refractivity contribution in [2.45, 2.75) is 13.8 Å². The number of halogens is 2. The number of anilines is 4. The summed E-state index contributed by atoms with van der Waals surface area (Å²) >= 11 is 9.36. The Bertz CT molecular complexity index is 1290. The number of hydrogen-bond acceptors (Lipinski definition) is 6. The number of carbonyl (C=O) groups is 2. The Balaban J connectivity index is 1.61. The van der Waals surface area contributed by atoms with Crippen molar-refractivity contribution in [3.05, 3.63) is 66.2 Å². The summed E-state index contributed by atoms with van der Waals surface area (Å²) in [6.07, 6.45) is 0. The number of aryl methyl sites for hydroxylation is 2. The van der Waals surface area contributed by atoms with Gasteiger partial charge in [0.05, 0.1) is 32.1 Å². The van der Waals surface area contributed by atoms with Gasteiger partial charge >= 0.3 is 0 Å². The van der Waals surface area contributed by atoms with E-state index in [-0.39, 0.29) is 23.2 Å².